The Bertz CT molecular complexity index is 837. The average molecular weight is 342 g/mol. The highest BCUT2D eigenvalue weighted by atomic mass is 32.1. The number of aryl methyl sites for hydroxylation is 1. The fourth-order valence-corrected chi connectivity index (χ4v) is 3.87. The first-order valence-electron chi connectivity index (χ1n) is 7.93. The van der Waals surface area contributed by atoms with Crippen LogP contribution in [-0.4, -0.2) is 47.9 Å². The second-order valence-electron chi connectivity index (χ2n) is 5.96. The molecule has 124 valence electrons. The Balaban J connectivity index is 1.51. The van der Waals surface area contributed by atoms with Crippen molar-refractivity contribution in [3.63, 3.8) is 0 Å². The SMILES string of the molecule is Cn1cc(-c2nc(C(=O)N3CCC[C@H]3Cn3cccn3)cs2)cn1. The van der Waals surface area contributed by atoms with Crippen molar-refractivity contribution in [1.29, 1.82) is 0 Å². The van der Waals surface area contributed by atoms with Gasteiger partial charge in [-0.25, -0.2) is 4.98 Å². The first-order chi connectivity index (χ1) is 11.7. The zero-order valence-electron chi connectivity index (χ0n) is 13.4. The molecule has 0 bridgehead atoms. The van der Waals surface area contributed by atoms with E-state index in [-0.39, 0.29) is 11.9 Å². The molecule has 1 saturated heterocycles. The number of amides is 1. The number of carbonyl (C=O) groups is 1. The summed E-state index contributed by atoms with van der Waals surface area (Å²) in [5.41, 5.74) is 1.46. The summed E-state index contributed by atoms with van der Waals surface area (Å²) in [6.07, 6.45) is 9.40. The summed E-state index contributed by atoms with van der Waals surface area (Å²) >= 11 is 1.48. The highest BCUT2D eigenvalue weighted by Gasteiger charge is 2.31. The lowest BCUT2D eigenvalue weighted by Gasteiger charge is -2.23. The third-order valence-electron chi connectivity index (χ3n) is 4.27. The minimum Gasteiger partial charge on any atom is -0.332 e. The van der Waals surface area contributed by atoms with Gasteiger partial charge in [0.1, 0.15) is 10.7 Å². The van der Waals surface area contributed by atoms with Crippen LogP contribution in [-0.2, 0) is 13.6 Å². The van der Waals surface area contributed by atoms with Crippen LogP contribution in [0.1, 0.15) is 23.3 Å². The third kappa shape index (κ3) is 2.84. The van der Waals surface area contributed by atoms with Crippen molar-refractivity contribution in [1.82, 2.24) is 29.4 Å². The Hall–Kier alpha value is -2.48. The summed E-state index contributed by atoms with van der Waals surface area (Å²) in [4.78, 5) is 19.3. The van der Waals surface area contributed by atoms with Crippen LogP contribution in [0, 0.1) is 0 Å². The maximum Gasteiger partial charge on any atom is 0.273 e. The molecule has 3 aromatic heterocycles. The van der Waals surface area contributed by atoms with Crippen molar-refractivity contribution < 1.29 is 4.79 Å². The molecule has 0 saturated carbocycles. The van der Waals surface area contributed by atoms with Gasteiger partial charge in [0.2, 0.25) is 0 Å². The molecular weight excluding hydrogens is 324 g/mol. The van der Waals surface area contributed by atoms with E-state index in [2.05, 4.69) is 15.2 Å². The van der Waals surface area contributed by atoms with Gasteiger partial charge < -0.3 is 4.90 Å². The smallest absolute Gasteiger partial charge is 0.273 e. The maximum absolute atomic E-state index is 12.9. The first-order valence-corrected chi connectivity index (χ1v) is 8.81. The largest absolute Gasteiger partial charge is 0.332 e. The number of nitrogens with zero attached hydrogens (tertiary/aromatic N) is 6. The Morgan fingerprint density at radius 1 is 1.42 bits per heavy atom. The fourth-order valence-electron chi connectivity index (χ4n) is 3.10. The van der Waals surface area contributed by atoms with Crippen molar-refractivity contribution in [3.05, 3.63) is 41.9 Å². The van der Waals surface area contributed by atoms with E-state index < -0.39 is 0 Å². The van der Waals surface area contributed by atoms with E-state index in [0.717, 1.165) is 36.5 Å². The summed E-state index contributed by atoms with van der Waals surface area (Å²) in [5.74, 6) is 0.0102. The monoisotopic (exact) mass is 342 g/mol. The lowest BCUT2D eigenvalue weighted by molar-refractivity contribution is 0.0716. The minimum atomic E-state index is 0.0102. The molecule has 0 aliphatic carbocycles. The zero-order valence-corrected chi connectivity index (χ0v) is 14.2. The normalized spacial score (nSPS) is 17.5. The van der Waals surface area contributed by atoms with Crippen molar-refractivity contribution >= 4 is 17.2 Å². The van der Waals surface area contributed by atoms with Crippen molar-refractivity contribution in [2.24, 2.45) is 7.05 Å². The van der Waals surface area contributed by atoms with E-state index in [1.54, 1.807) is 17.1 Å². The maximum atomic E-state index is 12.9. The molecule has 0 unspecified atom stereocenters. The number of carbonyl (C=O) groups excluding carboxylic acids is 1. The highest BCUT2D eigenvalue weighted by molar-refractivity contribution is 7.13. The Labute approximate surface area is 143 Å². The summed E-state index contributed by atoms with van der Waals surface area (Å²) < 4.78 is 3.62. The van der Waals surface area contributed by atoms with E-state index in [4.69, 9.17) is 0 Å². The fraction of sp³-hybridized carbons (Fsp3) is 0.375. The van der Waals surface area contributed by atoms with Crippen LogP contribution >= 0.6 is 11.3 Å². The number of thiazole rings is 1. The van der Waals surface area contributed by atoms with Crippen LogP contribution in [0.2, 0.25) is 0 Å². The molecule has 0 radical (unpaired) electrons. The van der Waals surface area contributed by atoms with E-state index in [1.807, 2.05) is 40.5 Å². The van der Waals surface area contributed by atoms with Crippen molar-refractivity contribution in [2.45, 2.75) is 25.4 Å². The van der Waals surface area contributed by atoms with Gasteiger partial charge in [-0.3, -0.25) is 14.2 Å². The van der Waals surface area contributed by atoms with Crippen LogP contribution in [0.5, 0.6) is 0 Å². The molecule has 1 atom stereocenters. The number of likely N-dealkylation sites (tertiary alicyclic amines) is 1. The topological polar surface area (TPSA) is 68.8 Å². The molecule has 1 fully saturated rings. The Morgan fingerprint density at radius 3 is 3.08 bits per heavy atom. The zero-order chi connectivity index (χ0) is 16.5. The van der Waals surface area contributed by atoms with Crippen LogP contribution < -0.4 is 0 Å². The molecule has 0 spiro atoms. The van der Waals surface area contributed by atoms with Gasteiger partial charge in [-0.05, 0) is 18.9 Å². The van der Waals surface area contributed by atoms with E-state index in [1.165, 1.54) is 11.3 Å². The Kier molecular flexibility index (Phi) is 3.89. The predicted molar refractivity (Wildman–Crippen MR) is 90.6 cm³/mol. The molecule has 7 nitrogen and oxygen atoms in total. The third-order valence-corrected chi connectivity index (χ3v) is 5.16. The van der Waals surface area contributed by atoms with E-state index in [0.29, 0.717) is 5.69 Å². The summed E-state index contributed by atoms with van der Waals surface area (Å²) in [6, 6.07) is 2.09. The van der Waals surface area contributed by atoms with Gasteiger partial charge in [0.05, 0.1) is 18.8 Å². The van der Waals surface area contributed by atoms with Gasteiger partial charge in [0.25, 0.3) is 5.91 Å². The Morgan fingerprint density at radius 2 is 2.33 bits per heavy atom. The molecule has 0 aromatic carbocycles. The van der Waals surface area contributed by atoms with Gasteiger partial charge in [-0.1, -0.05) is 0 Å². The van der Waals surface area contributed by atoms with Gasteiger partial charge >= 0.3 is 0 Å². The molecule has 0 N–H and O–H groups in total. The van der Waals surface area contributed by atoms with Crippen LogP contribution in [0.3, 0.4) is 0 Å². The van der Waals surface area contributed by atoms with Crippen LogP contribution in [0.4, 0.5) is 0 Å². The standard InChI is InChI=1S/C16H18N6OS/c1-20-9-12(8-18-20)15-19-14(11-24-15)16(23)22-7-2-4-13(22)10-21-6-3-5-17-21/h3,5-6,8-9,11,13H,2,4,7,10H2,1H3/t13-/m0/s1. The predicted octanol–water partition coefficient (Wildman–Crippen LogP) is 2.04. The highest BCUT2D eigenvalue weighted by Crippen LogP contribution is 2.26. The number of hydrogen-bond donors (Lipinski definition) is 0. The summed E-state index contributed by atoms with van der Waals surface area (Å²) in [6.45, 7) is 1.52. The molecule has 1 amide bonds. The molecule has 1 aliphatic rings. The minimum absolute atomic E-state index is 0.0102. The molecule has 24 heavy (non-hydrogen) atoms. The molecule has 3 aromatic rings. The average Bonchev–Trinajstić information content (AvgIpc) is 3.35. The molecular formula is C16H18N6OS. The van der Waals surface area contributed by atoms with Gasteiger partial charge in [0, 0.05) is 43.1 Å². The van der Waals surface area contributed by atoms with E-state index >= 15 is 0 Å². The molecule has 4 heterocycles. The van der Waals surface area contributed by atoms with Gasteiger partial charge in [-0.2, -0.15) is 10.2 Å². The number of aromatic nitrogens is 5. The second-order valence-corrected chi connectivity index (χ2v) is 6.82. The summed E-state index contributed by atoms with van der Waals surface area (Å²) in [7, 11) is 1.87. The van der Waals surface area contributed by atoms with Gasteiger partial charge in [0.15, 0.2) is 0 Å². The first kappa shape index (κ1) is 15.1. The molecule has 1 aliphatic heterocycles. The number of hydrogen-bond acceptors (Lipinski definition) is 5. The lowest BCUT2D eigenvalue weighted by Crippen LogP contribution is -2.38. The summed E-state index contributed by atoms with van der Waals surface area (Å²) in [5, 5.41) is 11.1. The van der Waals surface area contributed by atoms with Gasteiger partial charge in [-0.15, -0.1) is 11.3 Å². The quantitative estimate of drug-likeness (QED) is 0.728. The molecule has 8 heteroatoms. The van der Waals surface area contributed by atoms with Crippen LogP contribution in [0.15, 0.2) is 36.2 Å². The van der Waals surface area contributed by atoms with E-state index in [9.17, 15) is 4.79 Å². The van der Waals surface area contributed by atoms with Crippen LogP contribution in [0.25, 0.3) is 10.6 Å². The number of rotatable bonds is 4. The second kappa shape index (κ2) is 6.20. The molecule has 4 rings (SSSR count). The van der Waals surface area contributed by atoms with Crippen molar-refractivity contribution in [2.75, 3.05) is 6.54 Å². The lowest BCUT2D eigenvalue weighted by atomic mass is 10.2. The van der Waals surface area contributed by atoms with Crippen molar-refractivity contribution in [3.8, 4) is 10.6 Å².